The zero-order chi connectivity index (χ0) is 13.0. The van der Waals surface area contributed by atoms with E-state index >= 15 is 0 Å². The van der Waals surface area contributed by atoms with E-state index in [-0.39, 0.29) is 17.8 Å². The summed E-state index contributed by atoms with van der Waals surface area (Å²) in [5.41, 5.74) is 0. The van der Waals surface area contributed by atoms with Crippen LogP contribution in [0.4, 0.5) is 0 Å². The Balaban J connectivity index is 1.81. The SMILES string of the molecule is CCOC(=O)[C@@H]1CCCN(C(=O)CC2CCC2)C1. The van der Waals surface area contributed by atoms with Crippen LogP contribution in [0.5, 0.6) is 0 Å². The molecule has 0 radical (unpaired) electrons. The maximum Gasteiger partial charge on any atom is 0.310 e. The third-order valence-electron chi connectivity index (χ3n) is 4.08. The molecule has 18 heavy (non-hydrogen) atoms. The maximum atomic E-state index is 12.1. The van der Waals surface area contributed by atoms with E-state index in [1.165, 1.54) is 19.3 Å². The standard InChI is InChI=1S/C14H23NO3/c1-2-18-14(17)12-7-4-8-15(10-12)13(16)9-11-5-3-6-11/h11-12H,2-10H2,1H3/t12-/m1/s1. The highest BCUT2D eigenvalue weighted by atomic mass is 16.5. The van der Waals surface area contributed by atoms with Crippen LogP contribution in [-0.2, 0) is 14.3 Å². The Morgan fingerprint density at radius 3 is 2.61 bits per heavy atom. The first-order valence-corrected chi connectivity index (χ1v) is 7.15. The first-order chi connectivity index (χ1) is 8.70. The number of esters is 1. The van der Waals surface area contributed by atoms with Crippen molar-refractivity contribution in [1.29, 1.82) is 0 Å². The fourth-order valence-electron chi connectivity index (χ4n) is 2.73. The number of hydrogen-bond donors (Lipinski definition) is 0. The molecule has 1 amide bonds. The fraction of sp³-hybridized carbons (Fsp3) is 0.857. The van der Waals surface area contributed by atoms with E-state index in [2.05, 4.69) is 0 Å². The number of rotatable bonds is 4. The predicted molar refractivity (Wildman–Crippen MR) is 67.9 cm³/mol. The minimum Gasteiger partial charge on any atom is -0.466 e. The summed E-state index contributed by atoms with van der Waals surface area (Å²) in [6.45, 7) is 3.61. The first kappa shape index (κ1) is 13.4. The van der Waals surface area contributed by atoms with Crippen LogP contribution < -0.4 is 0 Å². The molecule has 4 nitrogen and oxygen atoms in total. The lowest BCUT2D eigenvalue weighted by molar-refractivity contribution is -0.151. The third kappa shape index (κ3) is 3.24. The van der Waals surface area contributed by atoms with Gasteiger partial charge in [-0.1, -0.05) is 6.42 Å². The van der Waals surface area contributed by atoms with E-state index in [4.69, 9.17) is 4.74 Å². The summed E-state index contributed by atoms with van der Waals surface area (Å²) < 4.78 is 5.05. The van der Waals surface area contributed by atoms with Gasteiger partial charge in [-0.05, 0) is 38.5 Å². The summed E-state index contributed by atoms with van der Waals surface area (Å²) in [6, 6.07) is 0. The quantitative estimate of drug-likeness (QED) is 0.720. The average Bonchev–Trinajstić information content (AvgIpc) is 2.34. The van der Waals surface area contributed by atoms with Crippen molar-refractivity contribution in [3.05, 3.63) is 0 Å². The van der Waals surface area contributed by atoms with E-state index in [9.17, 15) is 9.59 Å². The highest BCUT2D eigenvalue weighted by molar-refractivity contribution is 5.78. The molecule has 2 fully saturated rings. The van der Waals surface area contributed by atoms with Gasteiger partial charge in [0.15, 0.2) is 0 Å². The topological polar surface area (TPSA) is 46.6 Å². The van der Waals surface area contributed by atoms with Gasteiger partial charge in [-0.15, -0.1) is 0 Å². The smallest absolute Gasteiger partial charge is 0.310 e. The molecule has 1 aliphatic carbocycles. The Morgan fingerprint density at radius 2 is 2.00 bits per heavy atom. The molecule has 0 aromatic rings. The van der Waals surface area contributed by atoms with Crippen LogP contribution in [0.1, 0.15) is 45.4 Å². The summed E-state index contributed by atoms with van der Waals surface area (Å²) in [6.07, 6.45) is 6.10. The Morgan fingerprint density at radius 1 is 1.22 bits per heavy atom. The van der Waals surface area contributed by atoms with Crippen LogP contribution in [0.15, 0.2) is 0 Å². The Labute approximate surface area is 109 Å². The van der Waals surface area contributed by atoms with Crippen LogP contribution in [-0.4, -0.2) is 36.5 Å². The van der Waals surface area contributed by atoms with Crippen molar-refractivity contribution < 1.29 is 14.3 Å². The average molecular weight is 253 g/mol. The zero-order valence-electron chi connectivity index (χ0n) is 11.2. The lowest BCUT2D eigenvalue weighted by Gasteiger charge is -2.34. The second-order valence-corrected chi connectivity index (χ2v) is 5.43. The number of ether oxygens (including phenoxy) is 1. The minimum absolute atomic E-state index is 0.107. The summed E-state index contributed by atoms with van der Waals surface area (Å²) in [4.78, 5) is 25.7. The van der Waals surface area contributed by atoms with Gasteiger partial charge in [-0.25, -0.2) is 0 Å². The molecule has 1 atom stereocenters. The van der Waals surface area contributed by atoms with Gasteiger partial charge < -0.3 is 9.64 Å². The van der Waals surface area contributed by atoms with Gasteiger partial charge in [0.25, 0.3) is 0 Å². The Kier molecular flexibility index (Phi) is 4.61. The molecular weight excluding hydrogens is 230 g/mol. The van der Waals surface area contributed by atoms with Crippen LogP contribution in [0, 0.1) is 11.8 Å². The lowest BCUT2D eigenvalue weighted by Crippen LogP contribution is -2.43. The molecule has 0 N–H and O–H groups in total. The van der Waals surface area contributed by atoms with Crippen LogP contribution in [0.3, 0.4) is 0 Å². The van der Waals surface area contributed by atoms with Gasteiger partial charge in [-0.3, -0.25) is 9.59 Å². The monoisotopic (exact) mass is 253 g/mol. The van der Waals surface area contributed by atoms with Crippen molar-refractivity contribution in [2.75, 3.05) is 19.7 Å². The second-order valence-electron chi connectivity index (χ2n) is 5.43. The minimum atomic E-state index is -0.140. The molecule has 1 aliphatic heterocycles. The number of nitrogens with zero attached hydrogens (tertiary/aromatic N) is 1. The van der Waals surface area contributed by atoms with Gasteiger partial charge in [0, 0.05) is 19.5 Å². The normalized spacial score (nSPS) is 24.5. The third-order valence-corrected chi connectivity index (χ3v) is 4.08. The number of carbonyl (C=O) groups is 2. The van der Waals surface area contributed by atoms with Gasteiger partial charge in [0.05, 0.1) is 12.5 Å². The highest BCUT2D eigenvalue weighted by Crippen LogP contribution is 2.30. The summed E-state index contributed by atoms with van der Waals surface area (Å²) in [5, 5.41) is 0. The van der Waals surface area contributed by atoms with Crippen LogP contribution in [0.25, 0.3) is 0 Å². The van der Waals surface area contributed by atoms with Gasteiger partial charge in [0.1, 0.15) is 0 Å². The molecule has 1 saturated carbocycles. The molecule has 102 valence electrons. The molecule has 0 unspecified atom stereocenters. The number of carbonyl (C=O) groups excluding carboxylic acids is 2. The predicted octanol–water partition coefficient (Wildman–Crippen LogP) is 1.98. The molecule has 1 heterocycles. The van der Waals surface area contributed by atoms with Crippen LogP contribution in [0.2, 0.25) is 0 Å². The summed E-state index contributed by atoms with van der Waals surface area (Å²) in [5.74, 6) is 0.580. The molecule has 0 bridgehead atoms. The lowest BCUT2D eigenvalue weighted by atomic mass is 9.82. The summed E-state index contributed by atoms with van der Waals surface area (Å²) >= 11 is 0. The molecule has 1 saturated heterocycles. The van der Waals surface area contributed by atoms with Crippen molar-refractivity contribution >= 4 is 11.9 Å². The molecule has 0 spiro atoms. The maximum absolute atomic E-state index is 12.1. The van der Waals surface area contributed by atoms with E-state index in [1.807, 2.05) is 11.8 Å². The number of hydrogen-bond acceptors (Lipinski definition) is 3. The fourth-order valence-corrected chi connectivity index (χ4v) is 2.73. The molecule has 4 heteroatoms. The Hall–Kier alpha value is -1.06. The van der Waals surface area contributed by atoms with Gasteiger partial charge in [0.2, 0.25) is 5.91 Å². The van der Waals surface area contributed by atoms with Crippen molar-refractivity contribution in [3.63, 3.8) is 0 Å². The molecular formula is C14H23NO3. The number of likely N-dealkylation sites (tertiary alicyclic amines) is 1. The molecule has 2 aliphatic rings. The van der Waals surface area contributed by atoms with Gasteiger partial charge in [-0.2, -0.15) is 0 Å². The van der Waals surface area contributed by atoms with Crippen molar-refractivity contribution in [2.45, 2.75) is 45.4 Å². The highest BCUT2D eigenvalue weighted by Gasteiger charge is 2.31. The van der Waals surface area contributed by atoms with Crippen molar-refractivity contribution in [1.82, 2.24) is 4.90 Å². The molecule has 0 aromatic heterocycles. The Bertz CT molecular complexity index is 312. The summed E-state index contributed by atoms with van der Waals surface area (Å²) in [7, 11) is 0. The van der Waals surface area contributed by atoms with Crippen molar-refractivity contribution in [3.8, 4) is 0 Å². The zero-order valence-corrected chi connectivity index (χ0v) is 11.2. The first-order valence-electron chi connectivity index (χ1n) is 7.15. The number of piperidine rings is 1. The van der Waals surface area contributed by atoms with Crippen molar-refractivity contribution in [2.24, 2.45) is 11.8 Å². The van der Waals surface area contributed by atoms with E-state index in [1.54, 1.807) is 0 Å². The van der Waals surface area contributed by atoms with Gasteiger partial charge >= 0.3 is 5.97 Å². The van der Waals surface area contributed by atoms with E-state index < -0.39 is 0 Å². The number of amides is 1. The van der Waals surface area contributed by atoms with Crippen LogP contribution >= 0.6 is 0 Å². The molecule has 0 aromatic carbocycles. The second kappa shape index (κ2) is 6.21. The molecule has 2 rings (SSSR count). The van der Waals surface area contributed by atoms with E-state index in [0.717, 1.165) is 19.4 Å². The van der Waals surface area contributed by atoms with E-state index in [0.29, 0.717) is 25.5 Å². The largest absolute Gasteiger partial charge is 0.466 e.